The Labute approximate surface area is 95.5 Å². The third-order valence-corrected chi connectivity index (χ3v) is 3.28. The van der Waals surface area contributed by atoms with Crippen molar-refractivity contribution in [2.45, 2.75) is 45.2 Å². The Morgan fingerprint density at radius 3 is 2.40 bits per heavy atom. The van der Waals surface area contributed by atoms with Gasteiger partial charge in [-0.25, -0.2) is 0 Å². The van der Waals surface area contributed by atoms with Crippen LogP contribution in [-0.4, -0.2) is 22.3 Å². The van der Waals surface area contributed by atoms with Crippen LogP contribution in [0.2, 0.25) is 5.15 Å². The van der Waals surface area contributed by atoms with Crippen molar-refractivity contribution in [2.75, 3.05) is 4.90 Å². The lowest BCUT2D eigenvalue weighted by molar-refractivity contribution is 0.410. The molecule has 1 aliphatic rings. The molecule has 1 aromatic rings. The standard InChI is InChI=1S/C11H16ClN3/c1-8-4-3-5-9(2)15(8)11-7-6-10(12)13-14-11/h6-9H,3-5H2,1-2H3/t8-,9-/m1/s1. The summed E-state index contributed by atoms with van der Waals surface area (Å²) in [6.07, 6.45) is 3.77. The normalized spacial score (nSPS) is 26.7. The minimum absolute atomic E-state index is 0.455. The highest BCUT2D eigenvalue weighted by Gasteiger charge is 2.25. The molecule has 2 atom stereocenters. The van der Waals surface area contributed by atoms with Crippen molar-refractivity contribution < 1.29 is 0 Å². The Kier molecular flexibility index (Phi) is 3.10. The molecule has 1 saturated heterocycles. The van der Waals surface area contributed by atoms with Crippen LogP contribution < -0.4 is 4.90 Å². The van der Waals surface area contributed by atoms with Gasteiger partial charge in [-0.2, -0.15) is 0 Å². The topological polar surface area (TPSA) is 29.0 Å². The molecule has 2 heterocycles. The second-order valence-corrected chi connectivity index (χ2v) is 4.64. The molecule has 0 radical (unpaired) electrons. The minimum atomic E-state index is 0.455. The molecule has 0 saturated carbocycles. The summed E-state index contributed by atoms with van der Waals surface area (Å²) in [5.41, 5.74) is 0. The molecule has 0 aromatic carbocycles. The van der Waals surface area contributed by atoms with Crippen LogP contribution in [0.1, 0.15) is 33.1 Å². The highest BCUT2D eigenvalue weighted by atomic mass is 35.5. The molecule has 1 aromatic heterocycles. The first-order valence-corrected chi connectivity index (χ1v) is 5.84. The molecule has 2 rings (SSSR count). The van der Waals surface area contributed by atoms with Crippen LogP contribution in [0, 0.1) is 0 Å². The van der Waals surface area contributed by atoms with E-state index in [4.69, 9.17) is 11.6 Å². The van der Waals surface area contributed by atoms with E-state index in [1.165, 1.54) is 19.3 Å². The predicted octanol–water partition coefficient (Wildman–Crippen LogP) is 2.90. The Balaban J connectivity index is 2.23. The summed E-state index contributed by atoms with van der Waals surface area (Å²) >= 11 is 5.73. The van der Waals surface area contributed by atoms with Crippen molar-refractivity contribution in [2.24, 2.45) is 0 Å². The van der Waals surface area contributed by atoms with Gasteiger partial charge in [0.15, 0.2) is 11.0 Å². The summed E-state index contributed by atoms with van der Waals surface area (Å²) in [5.74, 6) is 0.944. The van der Waals surface area contributed by atoms with Crippen LogP contribution in [0.5, 0.6) is 0 Å². The Morgan fingerprint density at radius 1 is 1.20 bits per heavy atom. The molecule has 0 aliphatic carbocycles. The number of rotatable bonds is 1. The summed E-state index contributed by atoms with van der Waals surface area (Å²) < 4.78 is 0. The average molecular weight is 226 g/mol. The van der Waals surface area contributed by atoms with E-state index >= 15 is 0 Å². The zero-order chi connectivity index (χ0) is 10.8. The van der Waals surface area contributed by atoms with Gasteiger partial charge in [0.1, 0.15) is 0 Å². The molecule has 1 fully saturated rings. The lowest BCUT2D eigenvalue weighted by Crippen LogP contribution is -2.44. The molecule has 0 amide bonds. The van der Waals surface area contributed by atoms with Crippen LogP contribution in [0.3, 0.4) is 0 Å². The van der Waals surface area contributed by atoms with E-state index in [1.54, 1.807) is 6.07 Å². The Morgan fingerprint density at radius 2 is 1.87 bits per heavy atom. The first-order chi connectivity index (χ1) is 7.18. The van der Waals surface area contributed by atoms with E-state index in [-0.39, 0.29) is 0 Å². The third kappa shape index (κ3) is 2.23. The summed E-state index contributed by atoms with van der Waals surface area (Å²) in [4.78, 5) is 2.34. The highest BCUT2D eigenvalue weighted by molar-refractivity contribution is 6.29. The maximum Gasteiger partial charge on any atom is 0.151 e. The van der Waals surface area contributed by atoms with Crippen LogP contribution in [0.25, 0.3) is 0 Å². The van der Waals surface area contributed by atoms with Gasteiger partial charge in [-0.3, -0.25) is 0 Å². The number of hydrogen-bond donors (Lipinski definition) is 0. The van der Waals surface area contributed by atoms with Crippen LogP contribution in [-0.2, 0) is 0 Å². The van der Waals surface area contributed by atoms with Gasteiger partial charge in [-0.15, -0.1) is 10.2 Å². The monoisotopic (exact) mass is 225 g/mol. The fourth-order valence-electron chi connectivity index (χ4n) is 2.32. The second kappa shape index (κ2) is 4.35. The van der Waals surface area contributed by atoms with Crippen molar-refractivity contribution in [3.63, 3.8) is 0 Å². The van der Waals surface area contributed by atoms with Crippen molar-refractivity contribution in [3.05, 3.63) is 17.3 Å². The van der Waals surface area contributed by atoms with E-state index in [0.29, 0.717) is 17.2 Å². The van der Waals surface area contributed by atoms with Crippen molar-refractivity contribution >= 4 is 17.4 Å². The average Bonchev–Trinajstić information content (AvgIpc) is 2.20. The van der Waals surface area contributed by atoms with Gasteiger partial charge in [-0.05, 0) is 45.2 Å². The molecular formula is C11H16ClN3. The van der Waals surface area contributed by atoms with Gasteiger partial charge in [0.05, 0.1) is 0 Å². The number of hydrogen-bond acceptors (Lipinski definition) is 3. The van der Waals surface area contributed by atoms with E-state index < -0.39 is 0 Å². The second-order valence-electron chi connectivity index (χ2n) is 4.25. The van der Waals surface area contributed by atoms with Gasteiger partial charge in [0.25, 0.3) is 0 Å². The summed E-state index contributed by atoms with van der Waals surface area (Å²) in [7, 11) is 0. The number of anilines is 1. The van der Waals surface area contributed by atoms with Gasteiger partial charge >= 0.3 is 0 Å². The first kappa shape index (κ1) is 10.7. The molecule has 4 heteroatoms. The molecule has 82 valence electrons. The molecule has 0 N–H and O–H groups in total. The molecule has 0 bridgehead atoms. The number of halogens is 1. The molecule has 1 aliphatic heterocycles. The zero-order valence-electron chi connectivity index (χ0n) is 9.15. The van der Waals surface area contributed by atoms with Gasteiger partial charge in [0, 0.05) is 12.1 Å². The van der Waals surface area contributed by atoms with Crippen molar-refractivity contribution in [1.82, 2.24) is 10.2 Å². The SMILES string of the molecule is C[C@@H]1CCC[C@@H](C)N1c1ccc(Cl)nn1. The van der Waals surface area contributed by atoms with Crippen molar-refractivity contribution in [3.8, 4) is 0 Å². The summed E-state index contributed by atoms with van der Waals surface area (Å²) in [5, 5.41) is 8.50. The van der Waals surface area contributed by atoms with Crippen LogP contribution in [0.15, 0.2) is 12.1 Å². The van der Waals surface area contributed by atoms with E-state index in [9.17, 15) is 0 Å². The zero-order valence-corrected chi connectivity index (χ0v) is 9.91. The fourth-order valence-corrected chi connectivity index (χ4v) is 2.42. The van der Waals surface area contributed by atoms with Gasteiger partial charge < -0.3 is 4.90 Å². The van der Waals surface area contributed by atoms with Gasteiger partial charge in [-0.1, -0.05) is 11.6 Å². The summed E-state index contributed by atoms with van der Waals surface area (Å²) in [6.45, 7) is 4.48. The first-order valence-electron chi connectivity index (χ1n) is 5.46. The number of aromatic nitrogens is 2. The molecule has 3 nitrogen and oxygen atoms in total. The largest absolute Gasteiger partial charge is 0.350 e. The quantitative estimate of drug-likeness (QED) is 0.736. The predicted molar refractivity (Wildman–Crippen MR) is 62.3 cm³/mol. The van der Waals surface area contributed by atoms with Gasteiger partial charge in [0.2, 0.25) is 0 Å². The third-order valence-electron chi connectivity index (χ3n) is 3.08. The lowest BCUT2D eigenvalue weighted by atomic mass is 9.98. The fraction of sp³-hybridized carbons (Fsp3) is 0.636. The number of nitrogens with zero attached hydrogens (tertiary/aromatic N) is 3. The summed E-state index contributed by atoms with van der Waals surface area (Å²) in [6, 6.07) is 4.85. The molecular weight excluding hydrogens is 210 g/mol. The molecule has 15 heavy (non-hydrogen) atoms. The maximum absolute atomic E-state index is 5.73. The maximum atomic E-state index is 5.73. The van der Waals surface area contributed by atoms with E-state index in [1.807, 2.05) is 6.07 Å². The lowest BCUT2D eigenvalue weighted by Gasteiger charge is -2.39. The minimum Gasteiger partial charge on any atom is -0.350 e. The van der Waals surface area contributed by atoms with Crippen molar-refractivity contribution in [1.29, 1.82) is 0 Å². The highest BCUT2D eigenvalue weighted by Crippen LogP contribution is 2.27. The Bertz CT molecular complexity index is 315. The molecule has 0 unspecified atom stereocenters. The van der Waals surface area contributed by atoms with E-state index in [2.05, 4.69) is 28.9 Å². The van der Waals surface area contributed by atoms with Crippen LogP contribution >= 0.6 is 11.6 Å². The smallest absolute Gasteiger partial charge is 0.151 e. The number of piperidine rings is 1. The van der Waals surface area contributed by atoms with Crippen LogP contribution in [0.4, 0.5) is 5.82 Å². The van der Waals surface area contributed by atoms with E-state index in [0.717, 1.165) is 5.82 Å². The Hall–Kier alpha value is -0.830. The molecule has 0 spiro atoms.